The van der Waals surface area contributed by atoms with E-state index in [1.54, 1.807) is 6.07 Å². The minimum absolute atomic E-state index is 0.0648. The Labute approximate surface area is 140 Å². The van der Waals surface area contributed by atoms with Gasteiger partial charge in [-0.15, -0.1) is 0 Å². The van der Waals surface area contributed by atoms with Crippen molar-refractivity contribution in [1.82, 2.24) is 9.97 Å². The Kier molecular flexibility index (Phi) is 6.38. The van der Waals surface area contributed by atoms with Crippen molar-refractivity contribution in [3.63, 3.8) is 0 Å². The van der Waals surface area contributed by atoms with Crippen LogP contribution in [0.1, 0.15) is 21.0 Å². The Balaban J connectivity index is 0.000000220. The monoisotopic (exact) mass is 435 g/mol. The summed E-state index contributed by atoms with van der Waals surface area (Å²) >= 11 is 5.95. The molecule has 2 aromatic rings. The summed E-state index contributed by atoms with van der Waals surface area (Å²) in [7, 11) is 0. The molecule has 2 rings (SSSR count). The van der Waals surface area contributed by atoms with Crippen LogP contribution in [0.5, 0.6) is 0 Å². The van der Waals surface area contributed by atoms with Gasteiger partial charge in [0, 0.05) is 0 Å². The summed E-state index contributed by atoms with van der Waals surface area (Å²) in [5.41, 5.74) is 4.89. The van der Waals surface area contributed by atoms with Crippen molar-refractivity contribution >= 4 is 49.6 Å². The van der Waals surface area contributed by atoms with Crippen molar-refractivity contribution in [2.45, 2.75) is 0 Å². The summed E-state index contributed by atoms with van der Waals surface area (Å²) in [6.45, 7) is 0. The zero-order valence-corrected chi connectivity index (χ0v) is 13.8. The van der Waals surface area contributed by atoms with Crippen LogP contribution in [0.3, 0.4) is 0 Å². The SMILES string of the molecule is Nc1ccc(Br)c(C(=O)O)n1.O=C(O)c1nc(F)ccc1Br. The summed E-state index contributed by atoms with van der Waals surface area (Å²) in [4.78, 5) is 27.5. The maximum atomic E-state index is 12.3. The summed E-state index contributed by atoms with van der Waals surface area (Å²) in [5, 5.41) is 17.0. The first-order valence-electron chi connectivity index (χ1n) is 5.43. The highest BCUT2D eigenvalue weighted by Crippen LogP contribution is 2.15. The number of hydrogen-bond donors (Lipinski definition) is 3. The topological polar surface area (TPSA) is 126 Å². The highest BCUT2D eigenvalue weighted by atomic mass is 79.9. The van der Waals surface area contributed by atoms with E-state index in [9.17, 15) is 14.0 Å². The van der Waals surface area contributed by atoms with Crippen LogP contribution in [-0.2, 0) is 0 Å². The van der Waals surface area contributed by atoms with Gasteiger partial charge in [0.2, 0.25) is 5.95 Å². The van der Waals surface area contributed by atoms with E-state index in [4.69, 9.17) is 15.9 Å². The van der Waals surface area contributed by atoms with Gasteiger partial charge >= 0.3 is 11.9 Å². The molecular weight excluding hydrogens is 429 g/mol. The average Bonchev–Trinajstić information content (AvgIpc) is 2.44. The second-order valence-corrected chi connectivity index (χ2v) is 5.35. The molecule has 0 bridgehead atoms. The average molecular weight is 437 g/mol. The maximum Gasteiger partial charge on any atom is 0.355 e. The molecule has 2 aromatic heterocycles. The van der Waals surface area contributed by atoms with Crippen LogP contribution >= 0.6 is 31.9 Å². The van der Waals surface area contributed by atoms with Crippen LogP contribution in [0, 0.1) is 5.95 Å². The first-order chi connectivity index (χ1) is 10.2. The van der Waals surface area contributed by atoms with Gasteiger partial charge in [-0.2, -0.15) is 4.39 Å². The first-order valence-corrected chi connectivity index (χ1v) is 7.01. The largest absolute Gasteiger partial charge is 0.476 e. The van der Waals surface area contributed by atoms with Gasteiger partial charge in [0.25, 0.3) is 0 Å². The predicted molar refractivity (Wildman–Crippen MR) is 82.2 cm³/mol. The predicted octanol–water partition coefficient (Wildman–Crippen LogP) is 2.81. The third-order valence-corrected chi connectivity index (χ3v) is 3.36. The summed E-state index contributed by atoms with van der Waals surface area (Å²) < 4.78 is 13.0. The molecule has 22 heavy (non-hydrogen) atoms. The molecule has 0 aliphatic heterocycles. The Bertz CT molecular complexity index is 666. The number of aromatic carboxylic acids is 2. The first kappa shape index (κ1) is 18.0. The Morgan fingerprint density at radius 2 is 1.41 bits per heavy atom. The number of nitrogen functional groups attached to an aromatic ring is 1. The molecule has 0 saturated heterocycles. The maximum absolute atomic E-state index is 12.3. The van der Waals surface area contributed by atoms with E-state index in [0.717, 1.165) is 6.07 Å². The van der Waals surface area contributed by atoms with Gasteiger partial charge < -0.3 is 15.9 Å². The molecule has 4 N–H and O–H groups in total. The minimum Gasteiger partial charge on any atom is -0.476 e. The Morgan fingerprint density at radius 3 is 1.82 bits per heavy atom. The van der Waals surface area contributed by atoms with Gasteiger partial charge in [-0.3, -0.25) is 0 Å². The van der Waals surface area contributed by atoms with Crippen molar-refractivity contribution in [2.24, 2.45) is 0 Å². The van der Waals surface area contributed by atoms with E-state index in [2.05, 4.69) is 41.8 Å². The standard InChI is InChI=1S/C6H3BrFNO2.C6H5BrN2O2/c2*7-3-1-2-4(8)9-5(3)6(10)11/h1-2H,(H,10,11);1-2H,(H2,8,9)(H,10,11). The van der Waals surface area contributed by atoms with Crippen molar-refractivity contribution < 1.29 is 24.2 Å². The normalized spacial score (nSPS) is 9.59. The highest BCUT2D eigenvalue weighted by molar-refractivity contribution is 9.10. The number of anilines is 1. The van der Waals surface area contributed by atoms with Crippen LogP contribution in [0.2, 0.25) is 0 Å². The quantitative estimate of drug-likeness (QED) is 0.617. The number of aromatic nitrogens is 2. The lowest BCUT2D eigenvalue weighted by molar-refractivity contribution is 0.0678. The molecule has 0 saturated carbocycles. The molecule has 0 radical (unpaired) electrons. The fourth-order valence-electron chi connectivity index (χ4n) is 1.18. The summed E-state index contributed by atoms with van der Waals surface area (Å²) in [5.74, 6) is -2.95. The number of carbonyl (C=O) groups is 2. The van der Waals surface area contributed by atoms with E-state index < -0.39 is 17.9 Å². The Morgan fingerprint density at radius 1 is 0.955 bits per heavy atom. The summed E-state index contributed by atoms with van der Waals surface area (Å²) in [6.07, 6.45) is 0. The second-order valence-electron chi connectivity index (χ2n) is 3.64. The number of nitrogens with two attached hydrogens (primary N) is 1. The van der Waals surface area contributed by atoms with Gasteiger partial charge in [0.1, 0.15) is 5.82 Å². The smallest absolute Gasteiger partial charge is 0.355 e. The van der Waals surface area contributed by atoms with Crippen LogP contribution in [0.15, 0.2) is 33.2 Å². The fourth-order valence-corrected chi connectivity index (χ4v) is 1.96. The molecule has 7 nitrogen and oxygen atoms in total. The van der Waals surface area contributed by atoms with E-state index in [-0.39, 0.29) is 21.7 Å². The zero-order chi connectivity index (χ0) is 16.9. The third-order valence-electron chi connectivity index (χ3n) is 2.08. The molecule has 0 aliphatic carbocycles. The fraction of sp³-hybridized carbons (Fsp3) is 0. The van der Waals surface area contributed by atoms with Crippen molar-refractivity contribution in [1.29, 1.82) is 0 Å². The number of pyridine rings is 2. The molecule has 0 amide bonds. The number of nitrogens with zero attached hydrogens (tertiary/aromatic N) is 2. The van der Waals surface area contributed by atoms with Crippen LogP contribution < -0.4 is 5.73 Å². The molecule has 116 valence electrons. The number of carboxylic acid groups (broad SMARTS) is 2. The molecule has 0 aliphatic rings. The third kappa shape index (κ3) is 5.04. The number of halogens is 3. The Hall–Kier alpha value is -2.07. The lowest BCUT2D eigenvalue weighted by atomic mass is 10.3. The van der Waals surface area contributed by atoms with Crippen LogP contribution in [0.25, 0.3) is 0 Å². The van der Waals surface area contributed by atoms with Gasteiger partial charge in [0.05, 0.1) is 8.95 Å². The molecule has 0 atom stereocenters. The molecule has 0 fully saturated rings. The highest BCUT2D eigenvalue weighted by Gasteiger charge is 2.10. The molecule has 10 heteroatoms. The van der Waals surface area contributed by atoms with Crippen LogP contribution in [-0.4, -0.2) is 32.1 Å². The second kappa shape index (κ2) is 7.80. The van der Waals surface area contributed by atoms with Gasteiger partial charge in [-0.1, -0.05) is 0 Å². The number of rotatable bonds is 2. The minimum atomic E-state index is -1.25. The van der Waals surface area contributed by atoms with E-state index in [0.29, 0.717) is 4.47 Å². The number of carboxylic acids is 2. The van der Waals surface area contributed by atoms with Crippen molar-refractivity contribution in [3.05, 3.63) is 50.5 Å². The number of hydrogen-bond acceptors (Lipinski definition) is 5. The molecule has 0 aromatic carbocycles. The molecule has 2 heterocycles. The van der Waals surface area contributed by atoms with E-state index >= 15 is 0 Å². The lowest BCUT2D eigenvalue weighted by Crippen LogP contribution is -2.03. The zero-order valence-electron chi connectivity index (χ0n) is 10.6. The van der Waals surface area contributed by atoms with E-state index in [1.165, 1.54) is 12.1 Å². The molecule has 0 spiro atoms. The van der Waals surface area contributed by atoms with E-state index in [1.807, 2.05) is 0 Å². The lowest BCUT2D eigenvalue weighted by Gasteiger charge is -1.97. The van der Waals surface area contributed by atoms with Crippen molar-refractivity contribution in [2.75, 3.05) is 5.73 Å². The summed E-state index contributed by atoms with van der Waals surface area (Å²) in [6, 6.07) is 5.45. The van der Waals surface area contributed by atoms with Crippen molar-refractivity contribution in [3.8, 4) is 0 Å². The molecule has 0 unspecified atom stereocenters. The van der Waals surface area contributed by atoms with Gasteiger partial charge in [-0.25, -0.2) is 19.6 Å². The van der Waals surface area contributed by atoms with Gasteiger partial charge in [-0.05, 0) is 56.1 Å². The van der Waals surface area contributed by atoms with Gasteiger partial charge in [0.15, 0.2) is 11.4 Å². The van der Waals surface area contributed by atoms with Crippen LogP contribution in [0.4, 0.5) is 10.2 Å². The molecular formula is C12H8Br2FN3O4.